The monoisotopic (exact) mass is 254 g/mol. The van der Waals surface area contributed by atoms with Crippen molar-refractivity contribution >= 4 is 6.29 Å². The van der Waals surface area contributed by atoms with Crippen LogP contribution in [-0.4, -0.2) is 11.4 Å². The molecule has 0 unspecified atom stereocenters. The van der Waals surface area contributed by atoms with Crippen LogP contribution in [0, 0.1) is 0 Å². The Morgan fingerprint density at radius 3 is 2.58 bits per heavy atom. The maximum absolute atomic E-state index is 10.8. The van der Waals surface area contributed by atoms with Gasteiger partial charge in [-0.05, 0) is 35.9 Å². The average Bonchev–Trinajstić information content (AvgIpc) is 2.76. The Kier molecular flexibility index (Phi) is 2.75. The van der Waals surface area contributed by atoms with Crippen molar-refractivity contribution in [2.45, 2.75) is 18.9 Å². The zero-order valence-electron chi connectivity index (χ0n) is 10.5. The standard InChI is InChI=1S/C16H14O3/c1-10-14-8-11(9-17)2-7-15(14)19-16(10)12-3-5-13(18)6-4-12/h2-10,16,18H,1H3/t10-,16+/m1/s1. The number of aldehydes is 1. The molecule has 19 heavy (non-hydrogen) atoms. The summed E-state index contributed by atoms with van der Waals surface area (Å²) in [6, 6.07) is 12.5. The number of hydrogen-bond donors (Lipinski definition) is 1. The Bertz CT molecular complexity index is 616. The predicted molar refractivity (Wildman–Crippen MR) is 71.7 cm³/mol. The molecule has 0 spiro atoms. The van der Waals surface area contributed by atoms with Gasteiger partial charge in [0.25, 0.3) is 0 Å². The first-order chi connectivity index (χ1) is 9.19. The molecule has 1 N–H and O–H groups in total. The van der Waals surface area contributed by atoms with Crippen LogP contribution in [0.25, 0.3) is 0 Å². The van der Waals surface area contributed by atoms with E-state index in [4.69, 9.17) is 4.74 Å². The largest absolute Gasteiger partial charge is 0.508 e. The van der Waals surface area contributed by atoms with Crippen molar-refractivity contribution in [1.82, 2.24) is 0 Å². The first kappa shape index (κ1) is 11.8. The minimum absolute atomic E-state index is 0.0718. The van der Waals surface area contributed by atoms with E-state index in [0.717, 1.165) is 23.2 Å². The zero-order valence-corrected chi connectivity index (χ0v) is 10.5. The summed E-state index contributed by atoms with van der Waals surface area (Å²) in [5.74, 6) is 1.26. The third-order valence-electron chi connectivity index (χ3n) is 3.59. The summed E-state index contributed by atoms with van der Waals surface area (Å²) in [5.41, 5.74) is 2.75. The second kappa shape index (κ2) is 4.43. The molecular formula is C16H14O3. The Morgan fingerprint density at radius 1 is 1.16 bits per heavy atom. The van der Waals surface area contributed by atoms with E-state index in [2.05, 4.69) is 6.92 Å². The predicted octanol–water partition coefficient (Wildman–Crippen LogP) is 3.44. The molecule has 1 aliphatic rings. The lowest BCUT2D eigenvalue weighted by Gasteiger charge is -2.15. The van der Waals surface area contributed by atoms with Crippen molar-refractivity contribution in [2.75, 3.05) is 0 Å². The number of phenols is 1. The van der Waals surface area contributed by atoms with Crippen molar-refractivity contribution < 1.29 is 14.6 Å². The molecule has 0 aromatic heterocycles. The lowest BCUT2D eigenvalue weighted by Crippen LogP contribution is -2.06. The fourth-order valence-electron chi connectivity index (χ4n) is 2.53. The highest BCUT2D eigenvalue weighted by molar-refractivity contribution is 5.76. The Morgan fingerprint density at radius 2 is 1.89 bits per heavy atom. The summed E-state index contributed by atoms with van der Waals surface area (Å²) >= 11 is 0. The summed E-state index contributed by atoms with van der Waals surface area (Å²) < 4.78 is 5.95. The molecular weight excluding hydrogens is 240 g/mol. The number of phenolic OH excluding ortho intramolecular Hbond substituents is 1. The molecule has 96 valence electrons. The molecule has 2 aromatic rings. The zero-order chi connectivity index (χ0) is 13.4. The molecule has 0 saturated heterocycles. The molecule has 1 heterocycles. The molecule has 0 bridgehead atoms. The topological polar surface area (TPSA) is 46.5 Å². The first-order valence-electron chi connectivity index (χ1n) is 6.24. The van der Waals surface area contributed by atoms with Gasteiger partial charge in [0.15, 0.2) is 0 Å². The van der Waals surface area contributed by atoms with E-state index in [1.807, 2.05) is 24.3 Å². The molecule has 0 aliphatic carbocycles. The van der Waals surface area contributed by atoms with E-state index in [9.17, 15) is 9.90 Å². The molecule has 3 rings (SSSR count). The molecule has 1 aliphatic heterocycles. The minimum Gasteiger partial charge on any atom is -0.508 e. The number of fused-ring (bicyclic) bond motifs is 1. The van der Waals surface area contributed by atoms with Crippen molar-refractivity contribution in [3.63, 3.8) is 0 Å². The third-order valence-corrected chi connectivity index (χ3v) is 3.59. The minimum atomic E-state index is -0.0718. The van der Waals surface area contributed by atoms with Gasteiger partial charge < -0.3 is 9.84 Å². The van der Waals surface area contributed by atoms with Crippen molar-refractivity contribution in [3.8, 4) is 11.5 Å². The maximum Gasteiger partial charge on any atom is 0.150 e. The second-order valence-corrected chi connectivity index (χ2v) is 4.83. The van der Waals surface area contributed by atoms with Crippen LogP contribution in [0.5, 0.6) is 11.5 Å². The lowest BCUT2D eigenvalue weighted by atomic mass is 9.92. The Labute approximate surface area is 111 Å². The van der Waals surface area contributed by atoms with Crippen molar-refractivity contribution in [1.29, 1.82) is 0 Å². The summed E-state index contributed by atoms with van der Waals surface area (Å²) in [6.07, 6.45) is 0.776. The van der Waals surface area contributed by atoms with E-state index in [1.54, 1.807) is 18.2 Å². The molecule has 0 fully saturated rings. The second-order valence-electron chi connectivity index (χ2n) is 4.83. The number of benzene rings is 2. The van der Waals surface area contributed by atoms with E-state index in [1.165, 1.54) is 0 Å². The Balaban J connectivity index is 1.96. The number of hydrogen-bond acceptors (Lipinski definition) is 3. The highest BCUT2D eigenvalue weighted by Crippen LogP contribution is 2.45. The van der Waals surface area contributed by atoms with E-state index in [0.29, 0.717) is 5.56 Å². The smallest absolute Gasteiger partial charge is 0.150 e. The van der Waals surface area contributed by atoms with Crippen molar-refractivity contribution in [2.24, 2.45) is 0 Å². The molecule has 2 aromatic carbocycles. The quantitative estimate of drug-likeness (QED) is 0.835. The number of ether oxygens (including phenoxy) is 1. The van der Waals surface area contributed by atoms with Gasteiger partial charge in [-0.1, -0.05) is 19.1 Å². The van der Waals surface area contributed by atoms with Crippen LogP contribution in [0.3, 0.4) is 0 Å². The summed E-state index contributed by atoms with van der Waals surface area (Å²) in [5, 5.41) is 9.33. The van der Waals surface area contributed by atoms with Crippen LogP contribution in [-0.2, 0) is 0 Å². The molecule has 2 atom stereocenters. The Hall–Kier alpha value is -2.29. The average molecular weight is 254 g/mol. The van der Waals surface area contributed by atoms with E-state index < -0.39 is 0 Å². The van der Waals surface area contributed by atoms with Crippen LogP contribution in [0.4, 0.5) is 0 Å². The number of rotatable bonds is 2. The fourth-order valence-corrected chi connectivity index (χ4v) is 2.53. The molecule has 0 radical (unpaired) electrons. The summed E-state index contributed by atoms with van der Waals surface area (Å²) in [4.78, 5) is 10.8. The van der Waals surface area contributed by atoms with Crippen LogP contribution in [0.15, 0.2) is 42.5 Å². The molecule has 0 saturated carbocycles. The highest BCUT2D eigenvalue weighted by Gasteiger charge is 2.32. The number of carbonyl (C=O) groups is 1. The van der Waals surface area contributed by atoms with Crippen LogP contribution >= 0.6 is 0 Å². The number of carbonyl (C=O) groups excluding carboxylic acids is 1. The maximum atomic E-state index is 10.8. The highest BCUT2D eigenvalue weighted by atomic mass is 16.5. The lowest BCUT2D eigenvalue weighted by molar-refractivity contribution is 0.112. The molecule has 3 nitrogen and oxygen atoms in total. The van der Waals surface area contributed by atoms with Crippen LogP contribution < -0.4 is 4.74 Å². The van der Waals surface area contributed by atoms with Crippen LogP contribution in [0.2, 0.25) is 0 Å². The van der Waals surface area contributed by atoms with Gasteiger partial charge in [0.1, 0.15) is 23.9 Å². The van der Waals surface area contributed by atoms with Gasteiger partial charge in [-0.2, -0.15) is 0 Å². The normalized spacial score (nSPS) is 20.7. The SMILES string of the molecule is C[C@@H]1c2cc(C=O)ccc2O[C@@H]1c1ccc(O)cc1. The van der Waals surface area contributed by atoms with Gasteiger partial charge >= 0.3 is 0 Å². The summed E-state index contributed by atoms with van der Waals surface area (Å²) in [7, 11) is 0. The van der Waals surface area contributed by atoms with Gasteiger partial charge in [-0.25, -0.2) is 0 Å². The van der Waals surface area contributed by atoms with Gasteiger partial charge in [0.05, 0.1) is 0 Å². The summed E-state index contributed by atoms with van der Waals surface area (Å²) in [6.45, 7) is 2.08. The third kappa shape index (κ3) is 1.97. The first-order valence-corrected chi connectivity index (χ1v) is 6.24. The molecule has 3 heteroatoms. The van der Waals surface area contributed by atoms with Gasteiger partial charge in [0.2, 0.25) is 0 Å². The number of aromatic hydroxyl groups is 1. The van der Waals surface area contributed by atoms with Crippen LogP contribution in [0.1, 0.15) is 40.4 Å². The van der Waals surface area contributed by atoms with Gasteiger partial charge in [0, 0.05) is 17.0 Å². The van der Waals surface area contributed by atoms with Gasteiger partial charge in [-0.15, -0.1) is 0 Å². The van der Waals surface area contributed by atoms with Crippen molar-refractivity contribution in [3.05, 3.63) is 59.2 Å². The van der Waals surface area contributed by atoms with Gasteiger partial charge in [-0.3, -0.25) is 4.79 Å². The molecule has 0 amide bonds. The fraction of sp³-hybridized carbons (Fsp3) is 0.188. The van der Waals surface area contributed by atoms with E-state index in [-0.39, 0.29) is 17.8 Å². The van der Waals surface area contributed by atoms with E-state index >= 15 is 0 Å².